The zero-order chi connectivity index (χ0) is 19.0. The third-order valence-electron chi connectivity index (χ3n) is 4.79. The predicted molar refractivity (Wildman–Crippen MR) is 100 cm³/mol. The molecular weight excluding hydrogens is 334 g/mol. The lowest BCUT2D eigenvalue weighted by atomic mass is 9.87. The van der Waals surface area contributed by atoms with Crippen LogP contribution < -0.4 is 19.5 Å². The summed E-state index contributed by atoms with van der Waals surface area (Å²) in [5, 5.41) is 12.7. The molecule has 1 saturated carbocycles. The van der Waals surface area contributed by atoms with E-state index in [-0.39, 0.29) is 17.9 Å². The molecule has 1 aromatic carbocycles. The van der Waals surface area contributed by atoms with Gasteiger partial charge in [0.25, 0.3) is 5.91 Å². The summed E-state index contributed by atoms with van der Waals surface area (Å²) < 4.78 is 17.0. The summed E-state index contributed by atoms with van der Waals surface area (Å²) in [6.07, 6.45) is 4.09. The van der Waals surface area contributed by atoms with Crippen LogP contribution in [0.2, 0.25) is 0 Å². The van der Waals surface area contributed by atoms with Gasteiger partial charge in [-0.2, -0.15) is 0 Å². The van der Waals surface area contributed by atoms with Crippen molar-refractivity contribution in [2.75, 3.05) is 33.0 Å². The second-order valence-electron chi connectivity index (χ2n) is 6.65. The van der Waals surface area contributed by atoms with E-state index in [0.29, 0.717) is 49.2 Å². The van der Waals surface area contributed by atoms with E-state index in [4.69, 9.17) is 14.2 Å². The number of rotatable bonds is 10. The maximum atomic E-state index is 12.7. The van der Waals surface area contributed by atoms with Crippen LogP contribution in [0.1, 0.15) is 56.8 Å². The third kappa shape index (κ3) is 4.81. The maximum absolute atomic E-state index is 12.7. The van der Waals surface area contributed by atoms with Crippen LogP contribution in [-0.4, -0.2) is 44.0 Å². The highest BCUT2D eigenvalue weighted by Gasteiger charge is 2.33. The molecule has 6 nitrogen and oxygen atoms in total. The van der Waals surface area contributed by atoms with Gasteiger partial charge in [0.2, 0.25) is 5.75 Å². The Morgan fingerprint density at radius 1 is 1.04 bits per heavy atom. The smallest absolute Gasteiger partial charge is 0.251 e. The van der Waals surface area contributed by atoms with E-state index in [9.17, 15) is 9.90 Å². The van der Waals surface area contributed by atoms with Gasteiger partial charge in [0, 0.05) is 17.5 Å². The SMILES string of the molecule is CCOc1cc(C(=O)NCC2(CO)CCCC2)cc(OCC)c1OCC. The lowest BCUT2D eigenvalue weighted by molar-refractivity contribution is 0.0879. The highest BCUT2D eigenvalue weighted by molar-refractivity contribution is 5.95. The molecule has 0 heterocycles. The molecule has 26 heavy (non-hydrogen) atoms. The molecule has 0 unspecified atom stereocenters. The molecule has 2 N–H and O–H groups in total. The fourth-order valence-electron chi connectivity index (χ4n) is 3.41. The minimum absolute atomic E-state index is 0.102. The van der Waals surface area contributed by atoms with Crippen LogP contribution >= 0.6 is 0 Å². The van der Waals surface area contributed by atoms with Crippen LogP contribution in [0.25, 0.3) is 0 Å². The number of aliphatic hydroxyl groups is 1. The Morgan fingerprint density at radius 2 is 1.58 bits per heavy atom. The van der Waals surface area contributed by atoms with Crippen molar-refractivity contribution in [3.05, 3.63) is 17.7 Å². The summed E-state index contributed by atoms with van der Waals surface area (Å²) >= 11 is 0. The topological polar surface area (TPSA) is 77.0 Å². The molecule has 0 aliphatic heterocycles. The number of aliphatic hydroxyl groups excluding tert-OH is 1. The van der Waals surface area contributed by atoms with Gasteiger partial charge in [-0.05, 0) is 45.7 Å². The number of carbonyl (C=O) groups excluding carboxylic acids is 1. The van der Waals surface area contributed by atoms with Gasteiger partial charge in [0.1, 0.15) is 0 Å². The van der Waals surface area contributed by atoms with Gasteiger partial charge in [-0.1, -0.05) is 12.8 Å². The molecule has 1 fully saturated rings. The average molecular weight is 365 g/mol. The molecule has 0 radical (unpaired) electrons. The molecule has 0 aromatic heterocycles. The van der Waals surface area contributed by atoms with Gasteiger partial charge < -0.3 is 24.6 Å². The molecule has 1 amide bonds. The number of nitrogens with one attached hydrogen (secondary N) is 1. The summed E-state index contributed by atoms with van der Waals surface area (Å²) in [5.74, 6) is 1.33. The highest BCUT2D eigenvalue weighted by atomic mass is 16.5. The van der Waals surface area contributed by atoms with E-state index in [2.05, 4.69) is 5.32 Å². The fraction of sp³-hybridized carbons (Fsp3) is 0.650. The quantitative estimate of drug-likeness (QED) is 0.666. The Hall–Kier alpha value is -1.95. The summed E-state index contributed by atoms with van der Waals surface area (Å²) in [6, 6.07) is 3.37. The van der Waals surface area contributed by atoms with Crippen LogP contribution in [0.15, 0.2) is 12.1 Å². The normalized spacial score (nSPS) is 15.5. The summed E-state index contributed by atoms with van der Waals surface area (Å²) in [6.45, 7) is 7.64. The maximum Gasteiger partial charge on any atom is 0.251 e. The van der Waals surface area contributed by atoms with Crippen LogP contribution in [0.4, 0.5) is 0 Å². The lowest BCUT2D eigenvalue weighted by Gasteiger charge is -2.26. The van der Waals surface area contributed by atoms with Crippen molar-refractivity contribution in [1.29, 1.82) is 0 Å². The van der Waals surface area contributed by atoms with Gasteiger partial charge in [-0.15, -0.1) is 0 Å². The van der Waals surface area contributed by atoms with E-state index in [1.54, 1.807) is 12.1 Å². The largest absolute Gasteiger partial charge is 0.490 e. The van der Waals surface area contributed by atoms with Gasteiger partial charge in [0.15, 0.2) is 11.5 Å². The van der Waals surface area contributed by atoms with E-state index in [1.807, 2.05) is 20.8 Å². The first-order valence-electron chi connectivity index (χ1n) is 9.54. The van der Waals surface area contributed by atoms with E-state index < -0.39 is 0 Å². The first-order valence-corrected chi connectivity index (χ1v) is 9.54. The number of ether oxygens (including phenoxy) is 3. The van der Waals surface area contributed by atoms with Crippen molar-refractivity contribution in [3.63, 3.8) is 0 Å². The molecule has 2 rings (SSSR count). The molecule has 0 saturated heterocycles. The van der Waals surface area contributed by atoms with Crippen molar-refractivity contribution >= 4 is 5.91 Å². The van der Waals surface area contributed by atoms with E-state index >= 15 is 0 Å². The lowest BCUT2D eigenvalue weighted by Crippen LogP contribution is -2.38. The van der Waals surface area contributed by atoms with Crippen LogP contribution in [0, 0.1) is 5.41 Å². The summed E-state index contributed by atoms with van der Waals surface area (Å²) in [4.78, 5) is 12.7. The third-order valence-corrected chi connectivity index (χ3v) is 4.79. The van der Waals surface area contributed by atoms with Crippen LogP contribution in [0.5, 0.6) is 17.2 Å². The summed E-state index contributed by atoms with van der Waals surface area (Å²) in [5.41, 5.74) is 0.276. The van der Waals surface area contributed by atoms with Gasteiger partial charge in [-0.25, -0.2) is 0 Å². The monoisotopic (exact) mass is 365 g/mol. The number of amides is 1. The first kappa shape index (κ1) is 20.4. The molecule has 1 aromatic rings. The molecule has 146 valence electrons. The number of hydrogen-bond acceptors (Lipinski definition) is 5. The Bertz CT molecular complexity index is 569. The van der Waals surface area contributed by atoms with Gasteiger partial charge in [0.05, 0.1) is 26.4 Å². The predicted octanol–water partition coefficient (Wildman–Crippen LogP) is 3.17. The standard InChI is InChI=1S/C20H31NO5/c1-4-24-16-11-15(12-17(25-5-2)18(16)26-6-3)19(23)21-13-20(14-22)9-7-8-10-20/h11-12,22H,4-10,13-14H2,1-3H3,(H,21,23). The van der Waals surface area contributed by atoms with Gasteiger partial charge in [-0.3, -0.25) is 4.79 Å². The Kier molecular flexibility index (Phi) is 7.57. The zero-order valence-electron chi connectivity index (χ0n) is 16.1. The van der Waals surface area contributed by atoms with Gasteiger partial charge >= 0.3 is 0 Å². The fourth-order valence-corrected chi connectivity index (χ4v) is 3.41. The average Bonchev–Trinajstić information content (AvgIpc) is 3.12. The van der Waals surface area contributed by atoms with Crippen LogP contribution in [0.3, 0.4) is 0 Å². The minimum atomic E-state index is -0.199. The van der Waals surface area contributed by atoms with E-state index in [1.165, 1.54) is 0 Å². The van der Waals surface area contributed by atoms with Crippen molar-refractivity contribution in [3.8, 4) is 17.2 Å². The zero-order valence-corrected chi connectivity index (χ0v) is 16.1. The van der Waals surface area contributed by atoms with Crippen molar-refractivity contribution < 1.29 is 24.1 Å². The minimum Gasteiger partial charge on any atom is -0.490 e. The molecule has 0 bridgehead atoms. The molecule has 0 atom stereocenters. The molecule has 1 aliphatic rings. The Labute approximate surface area is 155 Å². The first-order chi connectivity index (χ1) is 12.6. The number of carbonyl (C=O) groups is 1. The highest BCUT2D eigenvalue weighted by Crippen LogP contribution is 2.40. The molecule has 6 heteroatoms. The summed E-state index contributed by atoms with van der Waals surface area (Å²) in [7, 11) is 0. The number of benzene rings is 1. The van der Waals surface area contributed by atoms with Crippen molar-refractivity contribution in [2.45, 2.75) is 46.5 Å². The second kappa shape index (κ2) is 9.67. The van der Waals surface area contributed by atoms with Crippen molar-refractivity contribution in [1.82, 2.24) is 5.32 Å². The van der Waals surface area contributed by atoms with Crippen molar-refractivity contribution in [2.24, 2.45) is 5.41 Å². The molecule has 0 spiro atoms. The molecular formula is C20H31NO5. The molecule has 1 aliphatic carbocycles. The Balaban J connectivity index is 2.22. The van der Waals surface area contributed by atoms with E-state index in [0.717, 1.165) is 25.7 Å². The van der Waals surface area contributed by atoms with Crippen LogP contribution in [-0.2, 0) is 0 Å². The number of hydrogen-bond donors (Lipinski definition) is 2. The second-order valence-corrected chi connectivity index (χ2v) is 6.65. The Morgan fingerprint density at radius 3 is 2.04 bits per heavy atom.